The first-order valence-corrected chi connectivity index (χ1v) is 13.3. The molecule has 14 nitrogen and oxygen atoms in total. The van der Waals surface area contributed by atoms with Gasteiger partial charge < -0.3 is 43.2 Å². The third-order valence-corrected chi connectivity index (χ3v) is 6.03. The molecule has 0 spiro atoms. The third kappa shape index (κ3) is 12.0. The summed E-state index contributed by atoms with van der Waals surface area (Å²) in [6.07, 6.45) is 5.74. The molecule has 0 aliphatic rings. The van der Waals surface area contributed by atoms with Gasteiger partial charge in [0.2, 0.25) is 17.7 Å². The van der Waals surface area contributed by atoms with Crippen LogP contribution in [0.4, 0.5) is 0 Å². The minimum Gasteiger partial charge on any atom is -0.480 e. The van der Waals surface area contributed by atoms with Crippen LogP contribution in [-0.2, 0) is 25.6 Å². The van der Waals surface area contributed by atoms with Crippen molar-refractivity contribution in [2.45, 2.75) is 63.7 Å². The Bertz CT molecular complexity index is 906. The molecule has 1 aromatic rings. The molecule has 1 rings (SSSR count). The second-order valence-corrected chi connectivity index (χ2v) is 9.79. The van der Waals surface area contributed by atoms with Crippen LogP contribution in [0.2, 0.25) is 0 Å². The monoisotopic (exact) mass is 541 g/mol. The number of hydrogen-bond acceptors (Lipinski definition) is 8. The number of H-pyrrole nitrogens is 1. The quantitative estimate of drug-likeness (QED) is 0.0629. The van der Waals surface area contributed by atoms with Gasteiger partial charge >= 0.3 is 5.97 Å². The summed E-state index contributed by atoms with van der Waals surface area (Å²) in [6, 6.07) is -4.10. The number of carboxylic acids is 1. The van der Waals surface area contributed by atoms with Crippen LogP contribution in [0, 0.1) is 5.92 Å². The van der Waals surface area contributed by atoms with E-state index in [1.54, 1.807) is 25.6 Å². The van der Waals surface area contributed by atoms with E-state index in [9.17, 15) is 24.3 Å². The fourth-order valence-electron chi connectivity index (χ4n) is 3.29. The molecule has 11 N–H and O–H groups in total. The zero-order chi connectivity index (χ0) is 28.0. The molecule has 0 aliphatic carbocycles. The first kappa shape index (κ1) is 31.7. The zero-order valence-electron chi connectivity index (χ0n) is 21.4. The number of carbonyl (C=O) groups excluding carboxylic acids is 3. The van der Waals surface area contributed by atoms with Crippen LogP contribution in [0.1, 0.15) is 38.8 Å². The molecule has 0 saturated carbocycles. The lowest BCUT2D eigenvalue weighted by atomic mass is 10.0. The molecule has 1 aromatic heterocycles. The first-order chi connectivity index (χ1) is 17.5. The molecular formula is C22H39N9O5S. The number of nitrogens with two attached hydrogens (primary N) is 3. The van der Waals surface area contributed by atoms with Gasteiger partial charge in [-0.1, -0.05) is 13.8 Å². The van der Waals surface area contributed by atoms with Crippen molar-refractivity contribution in [1.82, 2.24) is 25.9 Å². The van der Waals surface area contributed by atoms with Gasteiger partial charge in [0.05, 0.1) is 12.4 Å². The van der Waals surface area contributed by atoms with Crippen molar-refractivity contribution < 1.29 is 24.3 Å². The number of aromatic nitrogens is 2. The van der Waals surface area contributed by atoms with Crippen molar-refractivity contribution in [2.75, 3.05) is 18.6 Å². The Hall–Kier alpha value is -3.33. The highest BCUT2D eigenvalue weighted by Gasteiger charge is 2.32. The largest absolute Gasteiger partial charge is 0.480 e. The second-order valence-electron chi connectivity index (χ2n) is 8.81. The number of nitrogens with zero attached hydrogens (tertiary/aromatic N) is 2. The van der Waals surface area contributed by atoms with Gasteiger partial charge in [0.25, 0.3) is 0 Å². The van der Waals surface area contributed by atoms with Crippen LogP contribution >= 0.6 is 11.8 Å². The number of thioether (sulfide) groups is 1. The maximum atomic E-state index is 13.2. The number of imidazole rings is 1. The minimum absolute atomic E-state index is 0.0166. The molecule has 208 valence electrons. The summed E-state index contributed by atoms with van der Waals surface area (Å²) < 4.78 is 0. The topological polar surface area (TPSA) is 244 Å². The van der Waals surface area contributed by atoms with E-state index in [0.717, 1.165) is 0 Å². The number of amides is 3. The molecule has 4 unspecified atom stereocenters. The van der Waals surface area contributed by atoms with Crippen molar-refractivity contribution in [3.8, 4) is 0 Å². The predicted octanol–water partition coefficient (Wildman–Crippen LogP) is -1.72. The average molecular weight is 542 g/mol. The van der Waals surface area contributed by atoms with E-state index in [0.29, 0.717) is 24.3 Å². The highest BCUT2D eigenvalue weighted by molar-refractivity contribution is 7.98. The van der Waals surface area contributed by atoms with Crippen molar-refractivity contribution in [3.05, 3.63) is 18.2 Å². The van der Waals surface area contributed by atoms with Gasteiger partial charge in [0, 0.05) is 24.9 Å². The van der Waals surface area contributed by atoms with E-state index in [1.165, 1.54) is 12.5 Å². The van der Waals surface area contributed by atoms with E-state index >= 15 is 0 Å². The smallest absolute Gasteiger partial charge is 0.326 e. The van der Waals surface area contributed by atoms with E-state index in [-0.39, 0.29) is 31.3 Å². The number of guanidine groups is 1. The second kappa shape index (κ2) is 16.4. The fraction of sp³-hybridized carbons (Fsp3) is 0.636. The average Bonchev–Trinajstić information content (AvgIpc) is 3.34. The molecule has 3 amide bonds. The number of nitrogens with one attached hydrogen (secondary N) is 4. The predicted molar refractivity (Wildman–Crippen MR) is 141 cm³/mol. The van der Waals surface area contributed by atoms with Gasteiger partial charge in [0.1, 0.15) is 18.1 Å². The summed E-state index contributed by atoms with van der Waals surface area (Å²) in [5, 5.41) is 17.3. The van der Waals surface area contributed by atoms with Crippen LogP contribution in [0.5, 0.6) is 0 Å². The maximum absolute atomic E-state index is 13.2. The first-order valence-electron chi connectivity index (χ1n) is 11.9. The fourth-order valence-corrected chi connectivity index (χ4v) is 3.78. The molecule has 0 saturated heterocycles. The van der Waals surface area contributed by atoms with Gasteiger partial charge in [-0.3, -0.25) is 19.4 Å². The molecule has 4 atom stereocenters. The van der Waals surface area contributed by atoms with Gasteiger partial charge in [-0.05, 0) is 37.2 Å². The summed E-state index contributed by atoms with van der Waals surface area (Å²) in [7, 11) is 0. The number of carbonyl (C=O) groups is 4. The number of rotatable bonds is 17. The number of aromatic amines is 1. The number of hydrogen-bond donors (Lipinski definition) is 8. The van der Waals surface area contributed by atoms with Gasteiger partial charge in [-0.15, -0.1) is 0 Å². The summed E-state index contributed by atoms with van der Waals surface area (Å²) in [5.41, 5.74) is 17.2. The molecule has 37 heavy (non-hydrogen) atoms. The Morgan fingerprint density at radius 3 is 2.30 bits per heavy atom. The minimum atomic E-state index is -1.24. The Balaban J connectivity index is 2.95. The Kier molecular flexibility index (Phi) is 14.1. The molecule has 0 aromatic carbocycles. The van der Waals surface area contributed by atoms with Crippen molar-refractivity contribution in [2.24, 2.45) is 28.1 Å². The van der Waals surface area contributed by atoms with Crippen molar-refractivity contribution in [3.63, 3.8) is 0 Å². The van der Waals surface area contributed by atoms with Crippen LogP contribution in [0.15, 0.2) is 17.5 Å². The molecule has 1 heterocycles. The highest BCUT2D eigenvalue weighted by Crippen LogP contribution is 2.08. The van der Waals surface area contributed by atoms with Crippen LogP contribution < -0.4 is 33.2 Å². The van der Waals surface area contributed by atoms with Gasteiger partial charge in [-0.2, -0.15) is 11.8 Å². The Morgan fingerprint density at radius 2 is 1.76 bits per heavy atom. The van der Waals surface area contributed by atoms with Gasteiger partial charge in [-0.25, -0.2) is 9.78 Å². The summed E-state index contributed by atoms with van der Waals surface area (Å²) in [6.45, 7) is 3.65. The zero-order valence-corrected chi connectivity index (χ0v) is 22.2. The standard InChI is InChI=1S/C22H39N9O5S/c1-12(2)17(20(34)30-16(21(35)36)9-13-10-26-11-28-13)31-19(33)15(5-4-7-27-22(24)25)29-18(32)14(23)6-8-37-3/h10-12,14-17H,4-9,23H2,1-3H3,(H,26,28)(H,29,32)(H,30,34)(H,31,33)(H,35,36)(H4,24,25,27). The lowest BCUT2D eigenvalue weighted by Gasteiger charge is -2.27. The van der Waals surface area contributed by atoms with Gasteiger partial charge in [0.15, 0.2) is 5.96 Å². The molecule has 0 fully saturated rings. The van der Waals surface area contributed by atoms with E-state index in [4.69, 9.17) is 17.2 Å². The van der Waals surface area contributed by atoms with Crippen LogP contribution in [0.3, 0.4) is 0 Å². The summed E-state index contributed by atoms with van der Waals surface area (Å²) >= 11 is 1.55. The summed E-state index contributed by atoms with van der Waals surface area (Å²) in [4.78, 5) is 61.0. The molecule has 0 radical (unpaired) electrons. The van der Waals surface area contributed by atoms with E-state index in [1.807, 2.05) is 6.26 Å². The lowest BCUT2D eigenvalue weighted by Crippen LogP contribution is -2.58. The molecule has 0 bridgehead atoms. The number of aliphatic imine (C=N–C) groups is 1. The Morgan fingerprint density at radius 1 is 1.08 bits per heavy atom. The highest BCUT2D eigenvalue weighted by atomic mass is 32.2. The normalized spacial score (nSPS) is 14.2. The maximum Gasteiger partial charge on any atom is 0.326 e. The third-order valence-electron chi connectivity index (χ3n) is 5.39. The van der Waals surface area contributed by atoms with Crippen LogP contribution in [0.25, 0.3) is 0 Å². The van der Waals surface area contributed by atoms with E-state index < -0.39 is 47.9 Å². The number of carboxylic acid groups (broad SMARTS) is 1. The van der Waals surface area contributed by atoms with Crippen molar-refractivity contribution >= 4 is 41.4 Å². The van der Waals surface area contributed by atoms with Crippen LogP contribution in [-0.4, -0.2) is 87.4 Å². The SMILES string of the molecule is CSCCC(N)C(=O)NC(CCCN=C(N)N)C(=O)NC(C(=O)NC(Cc1cnc[nH]1)C(=O)O)C(C)C. The number of aliphatic carboxylic acids is 1. The molecule has 15 heteroatoms. The summed E-state index contributed by atoms with van der Waals surface area (Å²) in [5.74, 6) is -2.81. The van der Waals surface area contributed by atoms with E-state index in [2.05, 4.69) is 30.9 Å². The van der Waals surface area contributed by atoms with Crippen molar-refractivity contribution in [1.29, 1.82) is 0 Å². The lowest BCUT2D eigenvalue weighted by molar-refractivity contribution is -0.142. The molecular weight excluding hydrogens is 502 g/mol. The Labute approximate surface area is 220 Å². The molecule has 0 aliphatic heterocycles.